The van der Waals surface area contributed by atoms with Gasteiger partial charge in [-0.3, -0.25) is 9.59 Å². The molecule has 2 heterocycles. The number of halogens is 1. The van der Waals surface area contributed by atoms with Crippen LogP contribution in [0.3, 0.4) is 0 Å². The highest BCUT2D eigenvalue weighted by Crippen LogP contribution is 2.35. The number of carbonyl (C=O) groups excluding carboxylic acids is 2. The summed E-state index contributed by atoms with van der Waals surface area (Å²) in [5.41, 5.74) is 0.406. The molecule has 1 unspecified atom stereocenters. The molecule has 3 rings (SSSR count). The van der Waals surface area contributed by atoms with Crippen LogP contribution in [0.5, 0.6) is 5.75 Å². The van der Waals surface area contributed by atoms with Gasteiger partial charge < -0.3 is 9.47 Å². The zero-order valence-electron chi connectivity index (χ0n) is 12.9. The van der Waals surface area contributed by atoms with E-state index < -0.39 is 12.2 Å². The van der Waals surface area contributed by atoms with Crippen LogP contribution in [-0.4, -0.2) is 22.8 Å². The Labute approximate surface area is 147 Å². The fourth-order valence-electron chi connectivity index (χ4n) is 2.21. The maximum absolute atomic E-state index is 11.9. The van der Waals surface area contributed by atoms with E-state index >= 15 is 0 Å². The van der Waals surface area contributed by atoms with E-state index in [0.29, 0.717) is 10.6 Å². The molecule has 1 amide bonds. The van der Waals surface area contributed by atoms with Gasteiger partial charge in [-0.05, 0) is 29.6 Å². The van der Waals surface area contributed by atoms with E-state index in [1.807, 2.05) is 17.5 Å². The standard InChI is InChI=1S/C16H13ClN2O4S/c1-9(20)19-16(14-4-3-7-24-14)23-15(18-19)12-8-11(17)5-6-13(12)22-10(2)21/h3-8,16H,1-2H3. The number of thiophene rings is 1. The fourth-order valence-corrected chi connectivity index (χ4v) is 3.11. The summed E-state index contributed by atoms with van der Waals surface area (Å²) < 4.78 is 11.0. The highest BCUT2D eigenvalue weighted by atomic mass is 35.5. The van der Waals surface area contributed by atoms with Crippen molar-refractivity contribution in [2.24, 2.45) is 5.10 Å². The molecule has 6 nitrogen and oxygen atoms in total. The SMILES string of the molecule is CC(=O)Oc1ccc(Cl)cc1C1=NN(C(C)=O)C(c2cccs2)O1. The zero-order chi connectivity index (χ0) is 17.3. The predicted octanol–water partition coefficient (Wildman–Crippen LogP) is 3.57. The Hall–Kier alpha value is -2.38. The Bertz CT molecular complexity index is 819. The predicted molar refractivity (Wildman–Crippen MR) is 90.0 cm³/mol. The molecular weight excluding hydrogens is 352 g/mol. The summed E-state index contributed by atoms with van der Waals surface area (Å²) >= 11 is 7.49. The van der Waals surface area contributed by atoms with Gasteiger partial charge in [0.1, 0.15) is 5.75 Å². The Balaban J connectivity index is 2.00. The normalized spacial score (nSPS) is 16.5. The molecule has 0 N–H and O–H groups in total. The number of amides is 1. The van der Waals surface area contributed by atoms with Crippen LogP contribution in [0.25, 0.3) is 0 Å². The van der Waals surface area contributed by atoms with Crippen LogP contribution in [0.15, 0.2) is 40.8 Å². The molecule has 8 heteroatoms. The van der Waals surface area contributed by atoms with Gasteiger partial charge >= 0.3 is 5.97 Å². The quantitative estimate of drug-likeness (QED) is 0.616. The molecule has 1 aliphatic rings. The van der Waals surface area contributed by atoms with Gasteiger partial charge in [-0.1, -0.05) is 17.7 Å². The maximum Gasteiger partial charge on any atom is 0.308 e. The number of esters is 1. The first kappa shape index (κ1) is 16.5. The van der Waals surface area contributed by atoms with Gasteiger partial charge in [0.05, 0.1) is 10.4 Å². The van der Waals surface area contributed by atoms with Crippen molar-refractivity contribution in [3.63, 3.8) is 0 Å². The molecule has 1 aromatic heterocycles. The number of ether oxygens (including phenoxy) is 2. The van der Waals surface area contributed by atoms with Gasteiger partial charge in [0.2, 0.25) is 18.0 Å². The minimum absolute atomic E-state index is 0.169. The summed E-state index contributed by atoms with van der Waals surface area (Å²) in [4.78, 5) is 24.0. The molecule has 0 spiro atoms. The molecule has 0 fully saturated rings. The average molecular weight is 365 g/mol. The molecule has 124 valence electrons. The summed E-state index contributed by atoms with van der Waals surface area (Å²) in [5, 5.41) is 7.81. The Morgan fingerprint density at radius 3 is 2.75 bits per heavy atom. The molecule has 0 bridgehead atoms. The van der Waals surface area contributed by atoms with Gasteiger partial charge in [-0.15, -0.1) is 16.4 Å². The Morgan fingerprint density at radius 1 is 1.33 bits per heavy atom. The van der Waals surface area contributed by atoms with Gasteiger partial charge in [0.15, 0.2) is 0 Å². The smallest absolute Gasteiger partial charge is 0.308 e. The topological polar surface area (TPSA) is 68.2 Å². The Kier molecular flexibility index (Phi) is 4.55. The first-order valence-corrected chi connectivity index (χ1v) is 8.28. The number of hydrogen-bond acceptors (Lipinski definition) is 6. The number of nitrogens with zero attached hydrogens (tertiary/aromatic N) is 2. The van der Waals surface area contributed by atoms with E-state index in [9.17, 15) is 9.59 Å². The first-order chi connectivity index (χ1) is 11.5. The minimum atomic E-state index is -0.651. The van der Waals surface area contributed by atoms with E-state index in [2.05, 4.69) is 5.10 Å². The van der Waals surface area contributed by atoms with Crippen molar-refractivity contribution in [1.82, 2.24) is 5.01 Å². The van der Waals surface area contributed by atoms with Crippen molar-refractivity contribution in [1.29, 1.82) is 0 Å². The highest BCUT2D eigenvalue weighted by molar-refractivity contribution is 7.10. The lowest BCUT2D eigenvalue weighted by atomic mass is 10.2. The third-order valence-electron chi connectivity index (χ3n) is 3.18. The Morgan fingerprint density at radius 2 is 2.12 bits per heavy atom. The molecule has 0 aliphatic carbocycles. The van der Waals surface area contributed by atoms with Crippen LogP contribution in [0, 0.1) is 0 Å². The molecule has 0 saturated carbocycles. The van der Waals surface area contributed by atoms with Crippen LogP contribution in [0.2, 0.25) is 5.02 Å². The van der Waals surface area contributed by atoms with Crippen molar-refractivity contribution >= 4 is 40.7 Å². The van der Waals surface area contributed by atoms with Crippen LogP contribution in [-0.2, 0) is 14.3 Å². The minimum Gasteiger partial charge on any atom is -0.445 e. The van der Waals surface area contributed by atoms with Crippen molar-refractivity contribution in [2.75, 3.05) is 0 Å². The number of hydrogen-bond donors (Lipinski definition) is 0. The lowest BCUT2D eigenvalue weighted by Gasteiger charge is -2.17. The summed E-state index contributed by atoms with van der Waals surface area (Å²) in [6.07, 6.45) is -0.651. The molecule has 1 atom stereocenters. The highest BCUT2D eigenvalue weighted by Gasteiger charge is 2.35. The van der Waals surface area contributed by atoms with Gasteiger partial charge in [0.25, 0.3) is 0 Å². The summed E-state index contributed by atoms with van der Waals surface area (Å²) in [7, 11) is 0. The van der Waals surface area contributed by atoms with E-state index in [0.717, 1.165) is 4.88 Å². The molecule has 1 aliphatic heterocycles. The molecule has 24 heavy (non-hydrogen) atoms. The average Bonchev–Trinajstić information content (AvgIpc) is 3.16. The third kappa shape index (κ3) is 3.27. The second kappa shape index (κ2) is 6.62. The van der Waals surface area contributed by atoms with Crippen molar-refractivity contribution in [3.05, 3.63) is 51.2 Å². The molecule has 0 radical (unpaired) electrons. The van der Waals surface area contributed by atoms with Crippen molar-refractivity contribution in [3.8, 4) is 5.75 Å². The number of carbonyl (C=O) groups is 2. The molecular formula is C16H13ClN2O4S. The summed E-state index contributed by atoms with van der Waals surface area (Å²) in [6, 6.07) is 8.45. The number of hydrazone groups is 1. The van der Waals surface area contributed by atoms with Crippen molar-refractivity contribution in [2.45, 2.75) is 20.1 Å². The number of rotatable bonds is 3. The van der Waals surface area contributed by atoms with E-state index in [1.54, 1.807) is 18.2 Å². The lowest BCUT2D eigenvalue weighted by molar-refractivity contribution is -0.135. The monoisotopic (exact) mass is 364 g/mol. The summed E-state index contributed by atoms with van der Waals surface area (Å²) in [5.74, 6) is -0.307. The van der Waals surface area contributed by atoms with E-state index in [4.69, 9.17) is 21.1 Å². The fraction of sp³-hybridized carbons (Fsp3) is 0.188. The van der Waals surface area contributed by atoms with Gasteiger partial charge in [0, 0.05) is 18.9 Å². The molecule has 2 aromatic rings. The van der Waals surface area contributed by atoms with E-state index in [-0.39, 0.29) is 17.6 Å². The van der Waals surface area contributed by atoms with E-state index in [1.165, 1.54) is 30.2 Å². The van der Waals surface area contributed by atoms with Gasteiger partial charge in [-0.25, -0.2) is 0 Å². The second-order valence-electron chi connectivity index (χ2n) is 4.99. The van der Waals surface area contributed by atoms with Crippen LogP contribution in [0.4, 0.5) is 0 Å². The summed E-state index contributed by atoms with van der Waals surface area (Å²) in [6.45, 7) is 2.70. The molecule has 1 aromatic carbocycles. The van der Waals surface area contributed by atoms with Crippen molar-refractivity contribution < 1.29 is 19.1 Å². The first-order valence-electron chi connectivity index (χ1n) is 7.02. The van der Waals surface area contributed by atoms with Crippen LogP contribution in [0.1, 0.15) is 30.5 Å². The largest absolute Gasteiger partial charge is 0.445 e. The van der Waals surface area contributed by atoms with Crippen LogP contribution < -0.4 is 4.74 Å². The second-order valence-corrected chi connectivity index (χ2v) is 6.40. The maximum atomic E-state index is 11.9. The van der Waals surface area contributed by atoms with Gasteiger partial charge in [-0.2, -0.15) is 5.01 Å². The van der Waals surface area contributed by atoms with Crippen LogP contribution >= 0.6 is 22.9 Å². The lowest BCUT2D eigenvalue weighted by Crippen LogP contribution is -2.24. The zero-order valence-corrected chi connectivity index (χ0v) is 14.4. The number of benzene rings is 1. The third-order valence-corrected chi connectivity index (χ3v) is 4.32. The molecule has 0 saturated heterocycles.